The lowest BCUT2D eigenvalue weighted by Crippen LogP contribution is -2.28. The molecule has 0 spiro atoms. The summed E-state index contributed by atoms with van der Waals surface area (Å²) in [7, 11) is 1.36. The fourth-order valence-corrected chi connectivity index (χ4v) is 4.28. The summed E-state index contributed by atoms with van der Waals surface area (Å²) in [6.45, 7) is 3.87. The Morgan fingerprint density at radius 2 is 2.12 bits per heavy atom. The topological polar surface area (TPSA) is 50.5 Å². The van der Waals surface area contributed by atoms with Crippen molar-refractivity contribution in [1.82, 2.24) is 10.2 Å². The minimum absolute atomic E-state index is 0.179. The van der Waals surface area contributed by atoms with E-state index in [1.54, 1.807) is 6.07 Å². The number of nitrogens with zero attached hydrogens (tertiary/aromatic N) is 1. The number of methoxy groups -OCH3 is 1. The number of nitrogens with two attached hydrogens (primary N) is 1. The van der Waals surface area contributed by atoms with E-state index in [-0.39, 0.29) is 11.2 Å². The Morgan fingerprint density at radius 1 is 1.36 bits per heavy atom. The molecule has 1 saturated heterocycles. The molecule has 8 heteroatoms. The summed E-state index contributed by atoms with van der Waals surface area (Å²) in [5.74, 6) is 0.179. The van der Waals surface area contributed by atoms with Gasteiger partial charge in [0, 0.05) is 23.1 Å². The Bertz CT molecular complexity index is 678. The lowest BCUT2D eigenvalue weighted by molar-refractivity contribution is -0.137. The predicted octanol–water partition coefficient (Wildman–Crippen LogP) is 3.45. The Labute approximate surface area is 149 Å². The van der Waals surface area contributed by atoms with Gasteiger partial charge in [-0.2, -0.15) is 13.2 Å². The van der Waals surface area contributed by atoms with Crippen molar-refractivity contribution in [3.05, 3.63) is 34.2 Å². The molecule has 3 N–H and O–H groups in total. The number of rotatable bonds is 4. The maximum absolute atomic E-state index is 13.2. The molecule has 2 heterocycles. The highest BCUT2D eigenvalue weighted by atomic mass is 32.2. The number of alkyl halides is 3. The highest BCUT2D eigenvalue weighted by Gasteiger charge is 2.33. The lowest BCUT2D eigenvalue weighted by Gasteiger charge is -2.22. The zero-order valence-electron chi connectivity index (χ0n) is 14.2. The summed E-state index contributed by atoms with van der Waals surface area (Å²) >= 11 is 1.47. The minimum atomic E-state index is -4.43. The number of nitrogens with one attached hydrogen (secondary N) is 1. The summed E-state index contributed by atoms with van der Waals surface area (Å²) < 4.78 is 44.6. The molecule has 0 aliphatic carbocycles. The van der Waals surface area contributed by atoms with Gasteiger partial charge in [0.2, 0.25) is 0 Å². The molecule has 3 rings (SSSR count). The van der Waals surface area contributed by atoms with Crippen LogP contribution in [0, 0.1) is 0 Å². The summed E-state index contributed by atoms with van der Waals surface area (Å²) in [5, 5.41) is 3.11. The van der Waals surface area contributed by atoms with Gasteiger partial charge in [-0.05, 0) is 44.5 Å². The van der Waals surface area contributed by atoms with Gasteiger partial charge in [-0.3, -0.25) is 4.90 Å². The first-order valence-corrected chi connectivity index (χ1v) is 9.08. The molecule has 2 aliphatic heterocycles. The molecular formula is C17H22F3N3OS. The second kappa shape index (κ2) is 7.09. The van der Waals surface area contributed by atoms with E-state index in [9.17, 15) is 13.2 Å². The fourth-order valence-electron chi connectivity index (χ4n) is 3.26. The van der Waals surface area contributed by atoms with E-state index in [2.05, 4.69) is 17.1 Å². The van der Waals surface area contributed by atoms with Gasteiger partial charge in [-0.15, -0.1) is 0 Å². The summed E-state index contributed by atoms with van der Waals surface area (Å²) in [5.41, 5.74) is 6.03. The Morgan fingerprint density at radius 3 is 2.72 bits per heavy atom. The van der Waals surface area contributed by atoms with Crippen molar-refractivity contribution in [1.29, 1.82) is 0 Å². The molecule has 0 amide bonds. The number of likely N-dealkylation sites (tertiary alicyclic amines) is 1. The first kappa shape index (κ1) is 18.4. The third-order valence-corrected chi connectivity index (χ3v) is 5.62. The third-order valence-electron chi connectivity index (χ3n) is 4.63. The van der Waals surface area contributed by atoms with Crippen LogP contribution < -0.4 is 15.8 Å². The molecule has 2 atom stereocenters. The first-order valence-electron chi connectivity index (χ1n) is 8.20. The Kier molecular flexibility index (Phi) is 5.22. The van der Waals surface area contributed by atoms with Crippen molar-refractivity contribution in [3.63, 3.8) is 0 Å². The zero-order valence-corrected chi connectivity index (χ0v) is 15.0. The Balaban J connectivity index is 1.97. The van der Waals surface area contributed by atoms with Gasteiger partial charge in [0.05, 0.1) is 18.4 Å². The van der Waals surface area contributed by atoms with E-state index in [1.165, 1.54) is 18.9 Å². The van der Waals surface area contributed by atoms with Crippen LogP contribution in [0.4, 0.5) is 13.2 Å². The highest BCUT2D eigenvalue weighted by Crippen LogP contribution is 2.39. The number of halogens is 3. The van der Waals surface area contributed by atoms with E-state index in [4.69, 9.17) is 10.5 Å². The van der Waals surface area contributed by atoms with Crippen LogP contribution in [0.15, 0.2) is 23.1 Å². The zero-order chi connectivity index (χ0) is 18.2. The maximum Gasteiger partial charge on any atom is 0.416 e. The smallest absolute Gasteiger partial charge is 0.416 e. The van der Waals surface area contributed by atoms with Gasteiger partial charge in [-0.1, -0.05) is 11.8 Å². The first-order chi connectivity index (χ1) is 11.8. The normalized spacial score (nSPS) is 24.7. The van der Waals surface area contributed by atoms with Crippen LogP contribution in [0.1, 0.15) is 30.9 Å². The molecule has 0 aromatic heterocycles. The second-order valence-electron chi connectivity index (χ2n) is 6.39. The molecule has 2 aliphatic rings. The van der Waals surface area contributed by atoms with Crippen LogP contribution in [0.3, 0.4) is 0 Å². The van der Waals surface area contributed by atoms with E-state index >= 15 is 0 Å². The van der Waals surface area contributed by atoms with E-state index in [1.807, 2.05) is 0 Å². The van der Waals surface area contributed by atoms with Crippen LogP contribution >= 0.6 is 11.8 Å². The number of hydrogen-bond donors (Lipinski definition) is 2. The number of ether oxygens (including phenoxy) is 1. The van der Waals surface area contributed by atoms with Crippen LogP contribution in [0.2, 0.25) is 0 Å². The van der Waals surface area contributed by atoms with Gasteiger partial charge in [0.25, 0.3) is 0 Å². The fraction of sp³-hybridized carbons (Fsp3) is 0.529. The molecule has 25 heavy (non-hydrogen) atoms. The second-order valence-corrected chi connectivity index (χ2v) is 7.63. The molecule has 0 saturated carbocycles. The molecule has 0 radical (unpaired) electrons. The molecule has 2 unspecified atom stereocenters. The molecule has 4 nitrogen and oxygen atoms in total. The average Bonchev–Trinajstić information content (AvgIpc) is 3.12. The molecule has 0 bridgehead atoms. The number of benzene rings is 1. The maximum atomic E-state index is 13.2. The summed E-state index contributed by atoms with van der Waals surface area (Å²) in [6, 6.07) is 4.25. The predicted molar refractivity (Wildman–Crippen MR) is 93.9 cm³/mol. The quantitative estimate of drug-likeness (QED) is 0.847. The average molecular weight is 373 g/mol. The number of thioether (sulfide) groups is 1. The lowest BCUT2D eigenvalue weighted by atomic mass is 10.1. The molecular weight excluding hydrogens is 351 g/mol. The SMILES string of the molecule is COc1cc(C2=C(CN3CCCC3C)SC(N)N2)cc(C(F)(F)F)c1. The van der Waals surface area contributed by atoms with Gasteiger partial charge < -0.3 is 15.8 Å². The van der Waals surface area contributed by atoms with Crippen molar-refractivity contribution in [3.8, 4) is 5.75 Å². The van der Waals surface area contributed by atoms with Crippen LogP contribution in [-0.2, 0) is 6.18 Å². The molecule has 1 aromatic carbocycles. The molecule has 138 valence electrons. The summed E-state index contributed by atoms with van der Waals surface area (Å²) in [4.78, 5) is 3.31. The van der Waals surface area contributed by atoms with Gasteiger partial charge >= 0.3 is 6.18 Å². The van der Waals surface area contributed by atoms with Crippen LogP contribution in [-0.4, -0.2) is 36.6 Å². The van der Waals surface area contributed by atoms with Crippen molar-refractivity contribution < 1.29 is 17.9 Å². The van der Waals surface area contributed by atoms with Gasteiger partial charge in [0.15, 0.2) is 0 Å². The van der Waals surface area contributed by atoms with E-state index in [0.717, 1.165) is 36.4 Å². The monoisotopic (exact) mass is 373 g/mol. The largest absolute Gasteiger partial charge is 0.497 e. The summed E-state index contributed by atoms with van der Waals surface area (Å²) in [6.07, 6.45) is -2.14. The van der Waals surface area contributed by atoms with Gasteiger partial charge in [0.1, 0.15) is 11.2 Å². The van der Waals surface area contributed by atoms with E-state index < -0.39 is 11.7 Å². The van der Waals surface area contributed by atoms with Crippen LogP contribution in [0.25, 0.3) is 5.70 Å². The van der Waals surface area contributed by atoms with Crippen LogP contribution in [0.5, 0.6) is 5.75 Å². The Hall–Kier alpha value is -1.38. The van der Waals surface area contributed by atoms with Crippen molar-refractivity contribution in [2.24, 2.45) is 5.73 Å². The standard InChI is InChI=1S/C17H22F3N3OS/c1-10-4-3-5-23(10)9-14-15(22-16(21)25-14)11-6-12(17(18,19)20)8-13(7-11)24-2/h6-8,10,16,22H,3-5,9,21H2,1-2H3. The third kappa shape index (κ3) is 4.07. The van der Waals surface area contributed by atoms with Gasteiger partial charge in [-0.25, -0.2) is 0 Å². The van der Waals surface area contributed by atoms with Crippen molar-refractivity contribution in [2.75, 3.05) is 20.2 Å². The van der Waals surface area contributed by atoms with Crippen molar-refractivity contribution in [2.45, 2.75) is 37.5 Å². The molecule has 1 aromatic rings. The highest BCUT2D eigenvalue weighted by molar-refractivity contribution is 8.04. The molecule has 1 fully saturated rings. The van der Waals surface area contributed by atoms with Crippen molar-refractivity contribution >= 4 is 17.5 Å². The number of hydrogen-bond acceptors (Lipinski definition) is 5. The minimum Gasteiger partial charge on any atom is -0.497 e. The van der Waals surface area contributed by atoms with E-state index in [0.29, 0.717) is 23.8 Å².